The van der Waals surface area contributed by atoms with E-state index in [9.17, 15) is 0 Å². The molecule has 5 heteroatoms. The molecule has 3 rings (SSSR count). The highest BCUT2D eigenvalue weighted by Gasteiger charge is 2.16. The van der Waals surface area contributed by atoms with Crippen molar-refractivity contribution in [1.82, 2.24) is 9.97 Å². The summed E-state index contributed by atoms with van der Waals surface area (Å²) in [7, 11) is 1.67. The highest BCUT2D eigenvalue weighted by atomic mass is 16.5. The Balaban J connectivity index is 1.82. The number of anilines is 3. The van der Waals surface area contributed by atoms with E-state index in [0.29, 0.717) is 12.0 Å². The molecular weight excluding hydrogens is 288 g/mol. The Hall–Kier alpha value is -2.30. The van der Waals surface area contributed by atoms with Gasteiger partial charge in [0.1, 0.15) is 11.6 Å². The van der Waals surface area contributed by atoms with Gasteiger partial charge < -0.3 is 15.4 Å². The number of aromatic nitrogens is 2. The lowest BCUT2D eigenvalue weighted by Gasteiger charge is -2.15. The normalized spacial score (nSPS) is 14.7. The van der Waals surface area contributed by atoms with E-state index in [1.54, 1.807) is 7.11 Å². The number of aryl methyl sites for hydroxylation is 2. The Morgan fingerprint density at radius 1 is 1.09 bits per heavy atom. The van der Waals surface area contributed by atoms with Crippen LogP contribution in [0.5, 0.6) is 5.75 Å². The number of methoxy groups -OCH3 is 1. The van der Waals surface area contributed by atoms with Crippen LogP contribution >= 0.6 is 0 Å². The molecule has 0 radical (unpaired) electrons. The smallest absolute Gasteiger partial charge is 0.229 e. The fourth-order valence-corrected chi connectivity index (χ4v) is 3.02. The van der Waals surface area contributed by atoms with Crippen LogP contribution in [0.2, 0.25) is 0 Å². The molecule has 1 aliphatic carbocycles. The van der Waals surface area contributed by atoms with Crippen molar-refractivity contribution in [2.24, 2.45) is 0 Å². The predicted octanol–water partition coefficient (Wildman–Crippen LogP) is 4.20. The molecule has 1 saturated carbocycles. The molecule has 0 spiro atoms. The second kappa shape index (κ2) is 6.86. The topological polar surface area (TPSA) is 59.1 Å². The van der Waals surface area contributed by atoms with E-state index in [4.69, 9.17) is 4.74 Å². The van der Waals surface area contributed by atoms with Crippen molar-refractivity contribution in [2.75, 3.05) is 17.7 Å². The summed E-state index contributed by atoms with van der Waals surface area (Å²) in [6.07, 6.45) is 5.04. The van der Waals surface area contributed by atoms with Crippen LogP contribution in [0.1, 0.15) is 36.9 Å². The fraction of sp³-hybridized carbons (Fsp3) is 0.444. The van der Waals surface area contributed by atoms with Crippen LogP contribution in [-0.4, -0.2) is 23.1 Å². The number of benzene rings is 1. The van der Waals surface area contributed by atoms with E-state index in [1.807, 2.05) is 31.2 Å². The summed E-state index contributed by atoms with van der Waals surface area (Å²) in [5.41, 5.74) is 2.98. The van der Waals surface area contributed by atoms with E-state index in [1.165, 1.54) is 25.7 Å². The maximum Gasteiger partial charge on any atom is 0.229 e. The second-order valence-electron chi connectivity index (χ2n) is 6.17. The van der Waals surface area contributed by atoms with E-state index in [0.717, 1.165) is 28.5 Å². The van der Waals surface area contributed by atoms with Gasteiger partial charge in [0.15, 0.2) is 0 Å². The summed E-state index contributed by atoms with van der Waals surface area (Å²) in [6.45, 7) is 4.04. The number of hydrogen-bond acceptors (Lipinski definition) is 5. The predicted molar refractivity (Wildman–Crippen MR) is 93.7 cm³/mol. The van der Waals surface area contributed by atoms with Crippen LogP contribution < -0.4 is 15.4 Å². The van der Waals surface area contributed by atoms with Crippen molar-refractivity contribution in [1.29, 1.82) is 0 Å². The summed E-state index contributed by atoms with van der Waals surface area (Å²) >= 11 is 0. The molecule has 1 aliphatic rings. The van der Waals surface area contributed by atoms with Crippen molar-refractivity contribution < 1.29 is 4.74 Å². The first-order chi connectivity index (χ1) is 11.1. The monoisotopic (exact) mass is 312 g/mol. The molecule has 0 aliphatic heterocycles. The maximum absolute atomic E-state index is 5.41. The van der Waals surface area contributed by atoms with Crippen LogP contribution in [0.25, 0.3) is 0 Å². The number of nitrogens with one attached hydrogen (secondary N) is 2. The molecule has 0 atom stereocenters. The average molecular weight is 312 g/mol. The van der Waals surface area contributed by atoms with Crippen LogP contribution in [0, 0.1) is 13.8 Å². The van der Waals surface area contributed by atoms with E-state index >= 15 is 0 Å². The summed E-state index contributed by atoms with van der Waals surface area (Å²) in [5.74, 6) is 2.26. The number of rotatable bonds is 5. The van der Waals surface area contributed by atoms with Crippen molar-refractivity contribution in [3.05, 3.63) is 35.5 Å². The van der Waals surface area contributed by atoms with Crippen LogP contribution in [0.15, 0.2) is 24.3 Å². The van der Waals surface area contributed by atoms with Gasteiger partial charge >= 0.3 is 0 Å². The molecule has 1 aromatic heterocycles. The fourth-order valence-electron chi connectivity index (χ4n) is 3.02. The van der Waals surface area contributed by atoms with Gasteiger partial charge in [0.05, 0.1) is 12.8 Å². The van der Waals surface area contributed by atoms with Gasteiger partial charge in [0.25, 0.3) is 0 Å². The van der Waals surface area contributed by atoms with Gasteiger partial charge in [-0.25, -0.2) is 4.98 Å². The van der Waals surface area contributed by atoms with Crippen LogP contribution in [-0.2, 0) is 0 Å². The van der Waals surface area contributed by atoms with E-state index < -0.39 is 0 Å². The van der Waals surface area contributed by atoms with Gasteiger partial charge in [0.2, 0.25) is 5.95 Å². The van der Waals surface area contributed by atoms with Crippen molar-refractivity contribution in [2.45, 2.75) is 45.6 Å². The first-order valence-electron chi connectivity index (χ1n) is 8.18. The molecule has 2 aromatic rings. The zero-order valence-electron chi connectivity index (χ0n) is 14.0. The molecule has 1 aromatic carbocycles. The Kier molecular flexibility index (Phi) is 4.65. The lowest BCUT2D eigenvalue weighted by Crippen LogP contribution is -2.16. The Labute approximate surface area is 137 Å². The van der Waals surface area contributed by atoms with Gasteiger partial charge in [-0.15, -0.1) is 0 Å². The first-order valence-corrected chi connectivity index (χ1v) is 8.18. The Bertz CT molecular complexity index is 681. The van der Waals surface area contributed by atoms with E-state index in [2.05, 4.69) is 27.5 Å². The van der Waals surface area contributed by atoms with Crippen molar-refractivity contribution >= 4 is 17.5 Å². The molecule has 2 N–H and O–H groups in total. The second-order valence-corrected chi connectivity index (χ2v) is 6.17. The van der Waals surface area contributed by atoms with Crippen molar-refractivity contribution in [3.63, 3.8) is 0 Å². The van der Waals surface area contributed by atoms with E-state index in [-0.39, 0.29) is 0 Å². The molecule has 0 unspecified atom stereocenters. The lowest BCUT2D eigenvalue weighted by atomic mass is 10.2. The van der Waals surface area contributed by atoms with Gasteiger partial charge in [-0.05, 0) is 44.4 Å². The lowest BCUT2D eigenvalue weighted by molar-refractivity contribution is 0.416. The quantitative estimate of drug-likeness (QED) is 0.866. The zero-order valence-corrected chi connectivity index (χ0v) is 14.0. The molecule has 1 fully saturated rings. The largest absolute Gasteiger partial charge is 0.495 e. The molecule has 0 bridgehead atoms. The average Bonchev–Trinajstić information content (AvgIpc) is 3.00. The highest BCUT2D eigenvalue weighted by Crippen LogP contribution is 2.28. The summed E-state index contributed by atoms with van der Waals surface area (Å²) in [6, 6.07) is 8.54. The van der Waals surface area contributed by atoms with Gasteiger partial charge in [-0.1, -0.05) is 18.9 Å². The summed E-state index contributed by atoms with van der Waals surface area (Å²) in [4.78, 5) is 9.10. The third-order valence-corrected chi connectivity index (χ3v) is 4.16. The minimum Gasteiger partial charge on any atom is -0.495 e. The van der Waals surface area contributed by atoms with Gasteiger partial charge in [-0.3, -0.25) is 0 Å². The molecule has 122 valence electrons. The Morgan fingerprint density at radius 2 is 1.87 bits per heavy atom. The molecule has 0 saturated heterocycles. The standard InChI is InChI=1S/C18H24N4O/c1-12-8-9-16(23-3)15(10-12)21-18-19-13(2)11-17(22-18)20-14-6-4-5-7-14/h8-11,14H,4-7H2,1-3H3,(H2,19,20,21,22). The first kappa shape index (κ1) is 15.6. The zero-order chi connectivity index (χ0) is 16.2. The number of nitrogens with zero attached hydrogens (tertiary/aromatic N) is 2. The minimum absolute atomic E-state index is 0.533. The maximum atomic E-state index is 5.41. The molecule has 0 amide bonds. The minimum atomic E-state index is 0.533. The molecule has 23 heavy (non-hydrogen) atoms. The summed E-state index contributed by atoms with van der Waals surface area (Å²) < 4.78 is 5.41. The summed E-state index contributed by atoms with van der Waals surface area (Å²) in [5, 5.41) is 6.81. The highest BCUT2D eigenvalue weighted by molar-refractivity contribution is 5.64. The Morgan fingerprint density at radius 3 is 2.61 bits per heavy atom. The third kappa shape index (κ3) is 3.92. The van der Waals surface area contributed by atoms with Gasteiger partial charge in [-0.2, -0.15) is 4.98 Å². The SMILES string of the molecule is COc1ccc(C)cc1Nc1nc(C)cc(NC2CCCC2)n1. The molecule has 5 nitrogen and oxygen atoms in total. The van der Waals surface area contributed by atoms with Gasteiger partial charge in [0, 0.05) is 17.8 Å². The third-order valence-electron chi connectivity index (χ3n) is 4.16. The van der Waals surface area contributed by atoms with Crippen molar-refractivity contribution in [3.8, 4) is 5.75 Å². The number of ether oxygens (including phenoxy) is 1. The number of hydrogen-bond donors (Lipinski definition) is 2. The van der Waals surface area contributed by atoms with Crippen LogP contribution in [0.4, 0.5) is 17.5 Å². The molecular formula is C18H24N4O. The molecule has 1 heterocycles. The van der Waals surface area contributed by atoms with Crippen LogP contribution in [0.3, 0.4) is 0 Å².